The average Bonchev–Trinajstić information content (AvgIpc) is 2.99. The molecule has 0 aliphatic heterocycles. The zero-order valence-electron chi connectivity index (χ0n) is 10.7. The van der Waals surface area contributed by atoms with E-state index in [-0.39, 0.29) is 10.9 Å². The summed E-state index contributed by atoms with van der Waals surface area (Å²) in [6.45, 7) is 0.450. The van der Waals surface area contributed by atoms with Gasteiger partial charge in [-0.1, -0.05) is 12.8 Å². The smallest absolute Gasteiger partial charge is 0.371 e. The van der Waals surface area contributed by atoms with E-state index in [1.807, 2.05) is 0 Å². The van der Waals surface area contributed by atoms with Crippen LogP contribution in [0.3, 0.4) is 0 Å². The summed E-state index contributed by atoms with van der Waals surface area (Å²) in [6.07, 6.45) is 4.36. The number of nitrogens with zero attached hydrogens (tertiary/aromatic N) is 1. The number of hydrogen-bond acceptors (Lipinski definition) is 4. The molecule has 0 unspecified atom stereocenters. The van der Waals surface area contributed by atoms with Crippen LogP contribution in [0, 0.1) is 5.92 Å². The fourth-order valence-electron chi connectivity index (χ4n) is 2.38. The van der Waals surface area contributed by atoms with Gasteiger partial charge in [0.2, 0.25) is 10.9 Å². The number of hydrogen-bond donors (Lipinski definition) is 1. The number of carboxylic acids is 1. The molecule has 1 aliphatic carbocycles. The van der Waals surface area contributed by atoms with Gasteiger partial charge in [-0.3, -0.25) is 0 Å². The third kappa shape index (κ3) is 2.98. The van der Waals surface area contributed by atoms with Gasteiger partial charge in [-0.05, 0) is 30.9 Å². The van der Waals surface area contributed by atoms with Crippen molar-refractivity contribution in [1.82, 2.24) is 4.31 Å². The third-order valence-electron chi connectivity index (χ3n) is 3.45. The summed E-state index contributed by atoms with van der Waals surface area (Å²) in [5.41, 5.74) is 0. The van der Waals surface area contributed by atoms with Gasteiger partial charge in [-0.15, -0.1) is 0 Å². The second kappa shape index (κ2) is 5.34. The van der Waals surface area contributed by atoms with Crippen LogP contribution in [0.1, 0.15) is 36.2 Å². The Balaban J connectivity index is 2.13. The first-order valence-corrected chi connectivity index (χ1v) is 7.64. The van der Waals surface area contributed by atoms with Gasteiger partial charge < -0.3 is 9.52 Å². The number of furan rings is 1. The summed E-state index contributed by atoms with van der Waals surface area (Å²) in [6, 6.07) is 2.34. The average molecular weight is 287 g/mol. The zero-order chi connectivity index (χ0) is 14.0. The van der Waals surface area contributed by atoms with Crippen molar-refractivity contribution in [2.75, 3.05) is 13.6 Å². The highest BCUT2D eigenvalue weighted by molar-refractivity contribution is 7.89. The molecule has 0 spiro atoms. The molecule has 6 nitrogen and oxygen atoms in total. The lowest BCUT2D eigenvalue weighted by Gasteiger charge is -2.19. The predicted octanol–water partition coefficient (Wildman–Crippen LogP) is 1.79. The molecule has 0 radical (unpaired) electrons. The maximum absolute atomic E-state index is 12.2. The highest BCUT2D eigenvalue weighted by Gasteiger charge is 2.28. The first-order chi connectivity index (χ1) is 8.91. The van der Waals surface area contributed by atoms with Crippen molar-refractivity contribution >= 4 is 16.0 Å². The second-order valence-electron chi connectivity index (χ2n) is 4.86. The molecule has 0 amide bonds. The molecule has 106 valence electrons. The molecule has 0 atom stereocenters. The van der Waals surface area contributed by atoms with E-state index in [2.05, 4.69) is 0 Å². The van der Waals surface area contributed by atoms with E-state index < -0.39 is 16.0 Å². The molecule has 1 aromatic heterocycles. The second-order valence-corrected chi connectivity index (χ2v) is 6.84. The summed E-state index contributed by atoms with van der Waals surface area (Å²) >= 11 is 0. The predicted molar refractivity (Wildman–Crippen MR) is 67.4 cm³/mol. The normalized spacial score (nSPS) is 17.2. The number of carboxylic acid groups (broad SMARTS) is 1. The van der Waals surface area contributed by atoms with Gasteiger partial charge in [0, 0.05) is 13.6 Å². The molecule has 1 N–H and O–H groups in total. The van der Waals surface area contributed by atoms with E-state index in [1.165, 1.54) is 17.4 Å². The maximum Gasteiger partial charge on any atom is 0.371 e. The number of rotatable bonds is 5. The van der Waals surface area contributed by atoms with Gasteiger partial charge in [0.25, 0.3) is 10.0 Å². The molecule has 0 saturated heterocycles. The highest BCUT2D eigenvalue weighted by Crippen LogP contribution is 2.27. The van der Waals surface area contributed by atoms with Crippen molar-refractivity contribution in [2.45, 2.75) is 30.8 Å². The van der Waals surface area contributed by atoms with E-state index >= 15 is 0 Å². The first-order valence-electron chi connectivity index (χ1n) is 6.20. The highest BCUT2D eigenvalue weighted by atomic mass is 32.2. The van der Waals surface area contributed by atoms with E-state index in [9.17, 15) is 13.2 Å². The topological polar surface area (TPSA) is 87.8 Å². The van der Waals surface area contributed by atoms with Crippen LogP contribution in [0.2, 0.25) is 0 Å². The molecule has 1 saturated carbocycles. The van der Waals surface area contributed by atoms with Crippen molar-refractivity contribution in [3.05, 3.63) is 17.9 Å². The van der Waals surface area contributed by atoms with Crippen molar-refractivity contribution in [3.63, 3.8) is 0 Å². The van der Waals surface area contributed by atoms with Crippen LogP contribution in [0.15, 0.2) is 21.6 Å². The van der Waals surface area contributed by atoms with E-state index in [4.69, 9.17) is 9.52 Å². The quantitative estimate of drug-likeness (QED) is 0.892. The SMILES string of the molecule is CN(CC1CCCC1)S(=O)(=O)c1ccc(C(=O)O)o1. The van der Waals surface area contributed by atoms with Crippen molar-refractivity contribution in [3.8, 4) is 0 Å². The lowest BCUT2D eigenvalue weighted by molar-refractivity contribution is 0.0656. The van der Waals surface area contributed by atoms with E-state index in [0.717, 1.165) is 31.7 Å². The first kappa shape index (κ1) is 14.1. The molecule has 1 aromatic rings. The lowest BCUT2D eigenvalue weighted by atomic mass is 10.1. The standard InChI is InChI=1S/C12H17NO5S/c1-13(8-9-4-2-3-5-9)19(16,17)11-7-6-10(18-11)12(14)15/h6-7,9H,2-5,8H2,1H3,(H,14,15). The molecule has 1 fully saturated rings. The Morgan fingerprint density at radius 3 is 2.58 bits per heavy atom. The minimum absolute atomic E-state index is 0.314. The fraction of sp³-hybridized carbons (Fsp3) is 0.583. The molecular formula is C12H17NO5S. The Hall–Kier alpha value is -1.34. The summed E-state index contributed by atoms with van der Waals surface area (Å²) in [5.74, 6) is -1.26. The largest absolute Gasteiger partial charge is 0.475 e. The Bertz CT molecular complexity index is 556. The van der Waals surface area contributed by atoms with Gasteiger partial charge in [-0.25, -0.2) is 13.2 Å². The summed E-state index contributed by atoms with van der Waals surface area (Å²) < 4.78 is 30.5. The molecular weight excluding hydrogens is 270 g/mol. The zero-order valence-corrected chi connectivity index (χ0v) is 11.5. The number of aromatic carboxylic acids is 1. The summed E-state index contributed by atoms with van der Waals surface area (Å²) in [7, 11) is -2.24. The van der Waals surface area contributed by atoms with Crippen LogP contribution in [0.5, 0.6) is 0 Å². The van der Waals surface area contributed by atoms with Gasteiger partial charge in [-0.2, -0.15) is 4.31 Å². The monoisotopic (exact) mass is 287 g/mol. The Kier molecular flexibility index (Phi) is 3.96. The van der Waals surface area contributed by atoms with Crippen LogP contribution in [-0.4, -0.2) is 37.4 Å². The molecule has 7 heteroatoms. The van der Waals surface area contributed by atoms with Crippen molar-refractivity contribution in [1.29, 1.82) is 0 Å². The Morgan fingerprint density at radius 1 is 1.42 bits per heavy atom. The lowest BCUT2D eigenvalue weighted by Crippen LogP contribution is -2.31. The summed E-state index contributed by atoms with van der Waals surface area (Å²) in [4.78, 5) is 10.7. The van der Waals surface area contributed by atoms with E-state index in [0.29, 0.717) is 12.5 Å². The molecule has 19 heavy (non-hydrogen) atoms. The molecule has 0 aromatic carbocycles. The maximum atomic E-state index is 12.2. The fourth-order valence-corrected chi connectivity index (χ4v) is 3.53. The minimum Gasteiger partial charge on any atom is -0.475 e. The van der Waals surface area contributed by atoms with Crippen LogP contribution in [0.4, 0.5) is 0 Å². The van der Waals surface area contributed by atoms with Crippen LogP contribution < -0.4 is 0 Å². The van der Waals surface area contributed by atoms with Crippen LogP contribution >= 0.6 is 0 Å². The number of carbonyl (C=O) groups is 1. The number of sulfonamides is 1. The third-order valence-corrected chi connectivity index (χ3v) is 5.14. The molecule has 1 heterocycles. The van der Waals surface area contributed by atoms with Crippen LogP contribution in [0.25, 0.3) is 0 Å². The molecule has 1 aliphatic rings. The van der Waals surface area contributed by atoms with Crippen molar-refractivity contribution in [2.24, 2.45) is 5.92 Å². The van der Waals surface area contributed by atoms with Crippen molar-refractivity contribution < 1.29 is 22.7 Å². The van der Waals surface area contributed by atoms with Crippen LogP contribution in [-0.2, 0) is 10.0 Å². The van der Waals surface area contributed by atoms with E-state index in [1.54, 1.807) is 0 Å². The van der Waals surface area contributed by atoms with Gasteiger partial charge in [0.1, 0.15) is 0 Å². The minimum atomic E-state index is -3.74. The van der Waals surface area contributed by atoms with Gasteiger partial charge in [0.15, 0.2) is 0 Å². The Morgan fingerprint density at radius 2 is 2.05 bits per heavy atom. The molecule has 0 bridgehead atoms. The van der Waals surface area contributed by atoms with Gasteiger partial charge in [0.05, 0.1) is 0 Å². The summed E-state index contributed by atoms with van der Waals surface area (Å²) in [5, 5.41) is 8.42. The Labute approximate surface area is 112 Å². The molecule has 2 rings (SSSR count). The van der Waals surface area contributed by atoms with Gasteiger partial charge >= 0.3 is 5.97 Å².